The molecule has 0 amide bonds. The summed E-state index contributed by atoms with van der Waals surface area (Å²) in [4.78, 5) is 6.89. The Morgan fingerprint density at radius 2 is 2.14 bits per heavy atom. The van der Waals surface area contributed by atoms with Crippen LogP contribution in [0.1, 0.15) is 18.4 Å². The zero-order chi connectivity index (χ0) is 14.4. The van der Waals surface area contributed by atoms with Crippen LogP contribution in [0.25, 0.3) is 0 Å². The summed E-state index contributed by atoms with van der Waals surface area (Å²) >= 11 is 5.24. The van der Waals surface area contributed by atoms with Gasteiger partial charge >= 0.3 is 0 Å². The van der Waals surface area contributed by atoms with Gasteiger partial charge in [-0.15, -0.1) is 11.3 Å². The molecule has 0 aromatic carbocycles. The maximum Gasteiger partial charge on any atom is 0.193 e. The lowest BCUT2D eigenvalue weighted by Gasteiger charge is -2.23. The van der Waals surface area contributed by atoms with E-state index in [0.717, 1.165) is 37.4 Å². The Hall–Kier alpha value is -0.590. The molecule has 0 radical (unpaired) electrons. The molecular weight excluding hydrogens is 350 g/mol. The van der Waals surface area contributed by atoms with Crippen molar-refractivity contribution in [3.8, 4) is 0 Å². The van der Waals surface area contributed by atoms with E-state index < -0.39 is 0 Å². The highest BCUT2D eigenvalue weighted by atomic mass is 79.9. The standard InChI is InChI=1S/C15H20BrN3OS/c1-17-15(18-5-9-4-14(16)21-8-9)19-6-10-11(7-19)13-3-2-12(10)20-13/h4,8,10-13H,2-3,5-7H2,1H3,(H,17,18). The molecule has 4 unspecified atom stereocenters. The first-order valence-corrected chi connectivity index (χ1v) is 9.26. The fraction of sp³-hybridized carbons (Fsp3) is 0.667. The molecule has 3 aliphatic rings. The van der Waals surface area contributed by atoms with Gasteiger partial charge in [-0.3, -0.25) is 4.99 Å². The van der Waals surface area contributed by atoms with Gasteiger partial charge in [-0.05, 0) is 45.8 Å². The minimum Gasteiger partial charge on any atom is -0.374 e. The lowest BCUT2D eigenvalue weighted by Crippen LogP contribution is -2.40. The van der Waals surface area contributed by atoms with Gasteiger partial charge in [0.2, 0.25) is 0 Å². The van der Waals surface area contributed by atoms with E-state index in [1.165, 1.54) is 22.2 Å². The average molecular weight is 370 g/mol. The Bertz CT molecular complexity index is 543. The molecule has 6 heteroatoms. The Morgan fingerprint density at radius 1 is 1.43 bits per heavy atom. The van der Waals surface area contributed by atoms with Gasteiger partial charge in [0.1, 0.15) is 0 Å². The van der Waals surface area contributed by atoms with E-state index in [0.29, 0.717) is 12.2 Å². The number of rotatable bonds is 2. The van der Waals surface area contributed by atoms with Crippen molar-refractivity contribution in [2.75, 3.05) is 20.1 Å². The number of ether oxygens (including phenoxy) is 1. The van der Waals surface area contributed by atoms with Crippen LogP contribution >= 0.6 is 27.3 Å². The molecule has 1 aromatic heterocycles. The number of hydrogen-bond acceptors (Lipinski definition) is 3. The summed E-state index contributed by atoms with van der Waals surface area (Å²) in [5, 5.41) is 5.68. The summed E-state index contributed by atoms with van der Waals surface area (Å²) in [5.74, 6) is 2.47. The lowest BCUT2D eigenvalue weighted by molar-refractivity contribution is 0.0767. The van der Waals surface area contributed by atoms with E-state index in [2.05, 4.69) is 42.6 Å². The number of halogens is 1. The molecule has 21 heavy (non-hydrogen) atoms. The molecule has 4 atom stereocenters. The van der Waals surface area contributed by atoms with E-state index >= 15 is 0 Å². The van der Waals surface area contributed by atoms with Crippen molar-refractivity contribution < 1.29 is 4.74 Å². The van der Waals surface area contributed by atoms with Crippen molar-refractivity contribution in [1.82, 2.24) is 10.2 Å². The molecule has 2 bridgehead atoms. The van der Waals surface area contributed by atoms with Crippen LogP contribution in [0.3, 0.4) is 0 Å². The highest BCUT2D eigenvalue weighted by Crippen LogP contribution is 2.47. The fourth-order valence-electron chi connectivity index (χ4n) is 4.08. The smallest absolute Gasteiger partial charge is 0.193 e. The molecule has 4 nitrogen and oxygen atoms in total. The molecule has 4 heterocycles. The quantitative estimate of drug-likeness (QED) is 0.643. The van der Waals surface area contributed by atoms with Gasteiger partial charge in [0, 0.05) is 38.5 Å². The number of hydrogen-bond donors (Lipinski definition) is 1. The van der Waals surface area contributed by atoms with Crippen molar-refractivity contribution >= 4 is 33.2 Å². The largest absolute Gasteiger partial charge is 0.374 e. The van der Waals surface area contributed by atoms with Crippen LogP contribution in [-0.4, -0.2) is 43.2 Å². The highest BCUT2D eigenvalue weighted by molar-refractivity contribution is 9.11. The van der Waals surface area contributed by atoms with Crippen LogP contribution in [0.15, 0.2) is 20.2 Å². The Balaban J connectivity index is 1.39. The molecule has 0 saturated carbocycles. The maximum atomic E-state index is 6.04. The molecule has 0 aliphatic carbocycles. The summed E-state index contributed by atoms with van der Waals surface area (Å²) in [6.45, 7) is 3.03. The first-order valence-electron chi connectivity index (χ1n) is 7.58. The van der Waals surface area contributed by atoms with E-state index in [1.54, 1.807) is 11.3 Å². The summed E-state index contributed by atoms with van der Waals surface area (Å²) in [5.41, 5.74) is 1.30. The van der Waals surface area contributed by atoms with Crippen LogP contribution in [0.5, 0.6) is 0 Å². The molecule has 3 saturated heterocycles. The van der Waals surface area contributed by atoms with E-state index in [9.17, 15) is 0 Å². The molecule has 4 rings (SSSR count). The molecule has 1 aromatic rings. The van der Waals surface area contributed by atoms with Gasteiger partial charge < -0.3 is 15.0 Å². The van der Waals surface area contributed by atoms with Crippen LogP contribution in [0, 0.1) is 11.8 Å². The summed E-state index contributed by atoms with van der Waals surface area (Å²) < 4.78 is 7.22. The van der Waals surface area contributed by atoms with Gasteiger partial charge in [-0.2, -0.15) is 0 Å². The van der Waals surface area contributed by atoms with Gasteiger partial charge in [-0.25, -0.2) is 0 Å². The zero-order valence-electron chi connectivity index (χ0n) is 12.1. The Kier molecular flexibility index (Phi) is 3.71. The first-order chi connectivity index (χ1) is 10.2. The number of fused-ring (bicyclic) bond motifs is 5. The van der Waals surface area contributed by atoms with Crippen LogP contribution in [0.2, 0.25) is 0 Å². The van der Waals surface area contributed by atoms with E-state index in [1.807, 2.05) is 7.05 Å². The number of nitrogens with one attached hydrogen (secondary N) is 1. The van der Waals surface area contributed by atoms with Crippen molar-refractivity contribution in [2.24, 2.45) is 16.8 Å². The van der Waals surface area contributed by atoms with Crippen LogP contribution in [-0.2, 0) is 11.3 Å². The van der Waals surface area contributed by atoms with Crippen molar-refractivity contribution in [1.29, 1.82) is 0 Å². The Labute approximate surface area is 137 Å². The second kappa shape index (κ2) is 5.56. The maximum absolute atomic E-state index is 6.04. The number of nitrogens with zero attached hydrogens (tertiary/aromatic N) is 2. The molecule has 3 fully saturated rings. The first kappa shape index (κ1) is 14.0. The van der Waals surface area contributed by atoms with Gasteiger partial charge in [0.25, 0.3) is 0 Å². The molecule has 1 N–H and O–H groups in total. The number of likely N-dealkylation sites (tertiary alicyclic amines) is 1. The number of aliphatic imine (C=N–C) groups is 1. The number of thiophene rings is 1. The second-order valence-corrected chi connectivity index (χ2v) is 8.47. The topological polar surface area (TPSA) is 36.9 Å². The normalized spacial score (nSPS) is 34.6. The minimum atomic E-state index is 0.510. The third-order valence-corrected chi connectivity index (χ3v) is 6.59. The summed E-state index contributed by atoms with van der Waals surface area (Å²) in [7, 11) is 1.88. The van der Waals surface area contributed by atoms with Crippen molar-refractivity contribution in [2.45, 2.75) is 31.6 Å². The monoisotopic (exact) mass is 369 g/mol. The fourth-order valence-corrected chi connectivity index (χ4v) is 5.29. The summed E-state index contributed by atoms with van der Waals surface area (Å²) in [6, 6.07) is 2.16. The van der Waals surface area contributed by atoms with Gasteiger partial charge in [0.15, 0.2) is 5.96 Å². The van der Waals surface area contributed by atoms with Gasteiger partial charge in [-0.1, -0.05) is 0 Å². The average Bonchev–Trinajstić information content (AvgIpc) is 3.20. The third kappa shape index (κ3) is 2.51. The predicted molar refractivity (Wildman–Crippen MR) is 88.7 cm³/mol. The molecule has 0 spiro atoms. The number of guanidine groups is 1. The van der Waals surface area contributed by atoms with Crippen LogP contribution < -0.4 is 5.32 Å². The zero-order valence-corrected chi connectivity index (χ0v) is 14.5. The lowest BCUT2D eigenvalue weighted by atomic mass is 9.82. The predicted octanol–water partition coefficient (Wildman–Crippen LogP) is 2.70. The van der Waals surface area contributed by atoms with Gasteiger partial charge in [0.05, 0.1) is 16.0 Å². The van der Waals surface area contributed by atoms with E-state index in [-0.39, 0.29) is 0 Å². The Morgan fingerprint density at radius 3 is 2.71 bits per heavy atom. The third-order valence-electron chi connectivity index (χ3n) is 5.04. The summed E-state index contributed by atoms with van der Waals surface area (Å²) in [6.07, 6.45) is 3.54. The second-order valence-electron chi connectivity index (χ2n) is 6.18. The van der Waals surface area contributed by atoms with Crippen molar-refractivity contribution in [3.63, 3.8) is 0 Å². The molecule has 114 valence electrons. The van der Waals surface area contributed by atoms with Crippen molar-refractivity contribution in [3.05, 3.63) is 20.8 Å². The minimum absolute atomic E-state index is 0.510. The molecular formula is C15H20BrN3OS. The van der Waals surface area contributed by atoms with Crippen LogP contribution in [0.4, 0.5) is 0 Å². The van der Waals surface area contributed by atoms with E-state index in [4.69, 9.17) is 4.74 Å². The molecule has 3 aliphatic heterocycles. The highest BCUT2D eigenvalue weighted by Gasteiger charge is 2.53. The SMILES string of the molecule is CN=C(NCc1csc(Br)c1)N1CC2C3CCC(O3)C2C1.